The average Bonchev–Trinajstić information content (AvgIpc) is 2.25. The van der Waals surface area contributed by atoms with E-state index >= 15 is 0 Å². The summed E-state index contributed by atoms with van der Waals surface area (Å²) in [6.45, 7) is 2.89. The Bertz CT molecular complexity index is 358. The number of hydrogen-bond donors (Lipinski definition) is 3. The van der Waals surface area contributed by atoms with Gasteiger partial charge in [0.1, 0.15) is 18.5 Å². The van der Waals surface area contributed by atoms with E-state index in [-0.39, 0.29) is 6.61 Å². The fraction of sp³-hybridized carbons (Fsp3) is 0.538. The van der Waals surface area contributed by atoms with Gasteiger partial charge in [0.2, 0.25) is 0 Å². The summed E-state index contributed by atoms with van der Waals surface area (Å²) in [6.07, 6.45) is -1.01. The molecule has 0 aliphatic heterocycles. The maximum Gasteiger partial charge on any atom is 0.121 e. The van der Waals surface area contributed by atoms with Gasteiger partial charge in [-0.2, -0.15) is 0 Å². The summed E-state index contributed by atoms with van der Waals surface area (Å²) in [5.74, 6) is 0.646. The SMILES string of the molecule is CC(O)CN(C)CC(O)COc1cccc(N)c1. The second-order valence-corrected chi connectivity index (χ2v) is 4.61. The number of hydrogen-bond acceptors (Lipinski definition) is 5. The van der Waals surface area contributed by atoms with Crippen LogP contribution in [0.3, 0.4) is 0 Å². The number of nitrogens with zero attached hydrogens (tertiary/aromatic N) is 1. The Morgan fingerprint density at radius 2 is 2.06 bits per heavy atom. The van der Waals surface area contributed by atoms with Crippen molar-refractivity contribution in [3.8, 4) is 5.75 Å². The largest absolute Gasteiger partial charge is 0.491 e. The molecule has 0 saturated carbocycles. The van der Waals surface area contributed by atoms with E-state index in [0.29, 0.717) is 24.5 Å². The molecular weight excluding hydrogens is 232 g/mol. The standard InChI is InChI=1S/C13H22N2O3/c1-10(16)7-15(2)8-12(17)9-18-13-5-3-4-11(14)6-13/h3-6,10,12,16-17H,7-9,14H2,1-2H3. The molecule has 1 aromatic carbocycles. The van der Waals surface area contributed by atoms with Crippen molar-refractivity contribution in [2.24, 2.45) is 0 Å². The third kappa shape index (κ3) is 5.86. The molecule has 0 fully saturated rings. The zero-order valence-electron chi connectivity index (χ0n) is 10.9. The summed E-state index contributed by atoms with van der Waals surface area (Å²) in [5.41, 5.74) is 6.25. The molecule has 1 aromatic rings. The van der Waals surface area contributed by atoms with E-state index in [0.717, 1.165) is 0 Å². The molecule has 1 rings (SSSR count). The minimum absolute atomic E-state index is 0.202. The predicted octanol–water partition coefficient (Wildman–Crippen LogP) is 0.321. The van der Waals surface area contributed by atoms with Crippen LogP contribution in [0, 0.1) is 0 Å². The minimum Gasteiger partial charge on any atom is -0.491 e. The number of benzene rings is 1. The van der Waals surface area contributed by atoms with E-state index in [2.05, 4.69) is 0 Å². The summed E-state index contributed by atoms with van der Waals surface area (Å²) in [5, 5.41) is 19.0. The molecule has 102 valence electrons. The van der Waals surface area contributed by atoms with E-state index in [9.17, 15) is 10.2 Å². The van der Waals surface area contributed by atoms with Gasteiger partial charge in [0, 0.05) is 24.8 Å². The number of anilines is 1. The van der Waals surface area contributed by atoms with Crippen molar-refractivity contribution in [2.75, 3.05) is 32.5 Å². The lowest BCUT2D eigenvalue weighted by atomic mass is 10.3. The summed E-state index contributed by atoms with van der Waals surface area (Å²) < 4.78 is 5.44. The van der Waals surface area contributed by atoms with Crippen molar-refractivity contribution in [3.05, 3.63) is 24.3 Å². The van der Waals surface area contributed by atoms with Gasteiger partial charge in [0.15, 0.2) is 0 Å². The Kier molecular flexibility index (Phi) is 5.91. The van der Waals surface area contributed by atoms with E-state index in [1.54, 1.807) is 31.2 Å². The first-order valence-corrected chi connectivity index (χ1v) is 6.00. The Labute approximate surface area is 108 Å². The highest BCUT2D eigenvalue weighted by molar-refractivity contribution is 5.43. The lowest BCUT2D eigenvalue weighted by molar-refractivity contribution is 0.0598. The van der Waals surface area contributed by atoms with E-state index < -0.39 is 12.2 Å². The molecule has 0 spiro atoms. The maximum absolute atomic E-state index is 9.78. The Balaban J connectivity index is 2.30. The van der Waals surface area contributed by atoms with Crippen molar-refractivity contribution in [1.29, 1.82) is 0 Å². The molecule has 4 N–H and O–H groups in total. The molecule has 5 heteroatoms. The van der Waals surface area contributed by atoms with Gasteiger partial charge in [-0.15, -0.1) is 0 Å². The van der Waals surface area contributed by atoms with Crippen LogP contribution in [-0.4, -0.2) is 54.1 Å². The quantitative estimate of drug-likeness (QED) is 0.611. The molecule has 0 aromatic heterocycles. The van der Waals surface area contributed by atoms with Crippen LogP contribution < -0.4 is 10.5 Å². The first-order valence-electron chi connectivity index (χ1n) is 6.00. The molecule has 0 amide bonds. The lowest BCUT2D eigenvalue weighted by Crippen LogP contribution is -2.36. The number of aliphatic hydroxyl groups excluding tert-OH is 2. The number of rotatable bonds is 7. The zero-order valence-corrected chi connectivity index (χ0v) is 10.9. The van der Waals surface area contributed by atoms with Gasteiger partial charge in [-0.25, -0.2) is 0 Å². The number of nitrogen functional groups attached to an aromatic ring is 1. The van der Waals surface area contributed by atoms with Crippen LogP contribution in [0.15, 0.2) is 24.3 Å². The molecule has 0 radical (unpaired) electrons. The first kappa shape index (κ1) is 14.8. The fourth-order valence-corrected chi connectivity index (χ4v) is 1.73. The molecule has 0 saturated heterocycles. The molecule has 18 heavy (non-hydrogen) atoms. The summed E-state index contributed by atoms with van der Waals surface area (Å²) in [7, 11) is 1.84. The van der Waals surface area contributed by atoms with E-state index in [1.165, 1.54) is 0 Å². The van der Waals surface area contributed by atoms with Crippen LogP contribution in [0.5, 0.6) is 5.75 Å². The zero-order chi connectivity index (χ0) is 13.5. The van der Waals surface area contributed by atoms with Gasteiger partial charge in [-0.05, 0) is 26.1 Å². The second-order valence-electron chi connectivity index (χ2n) is 4.61. The van der Waals surface area contributed by atoms with E-state index in [4.69, 9.17) is 10.5 Å². The fourth-order valence-electron chi connectivity index (χ4n) is 1.73. The van der Waals surface area contributed by atoms with Crippen molar-refractivity contribution in [1.82, 2.24) is 4.90 Å². The van der Waals surface area contributed by atoms with Gasteiger partial charge < -0.3 is 25.6 Å². The van der Waals surface area contributed by atoms with E-state index in [1.807, 2.05) is 11.9 Å². The van der Waals surface area contributed by atoms with Gasteiger partial charge in [0.25, 0.3) is 0 Å². The van der Waals surface area contributed by atoms with Crippen molar-refractivity contribution in [3.63, 3.8) is 0 Å². The average molecular weight is 254 g/mol. The van der Waals surface area contributed by atoms with Gasteiger partial charge in [0.05, 0.1) is 6.10 Å². The second kappa shape index (κ2) is 7.20. The predicted molar refractivity (Wildman–Crippen MR) is 71.5 cm³/mol. The summed E-state index contributed by atoms with van der Waals surface area (Å²) in [4.78, 5) is 1.86. The number of nitrogens with two attached hydrogens (primary N) is 1. The Morgan fingerprint density at radius 1 is 1.33 bits per heavy atom. The Hall–Kier alpha value is -1.30. The monoisotopic (exact) mass is 254 g/mol. The first-order chi connectivity index (χ1) is 8.47. The molecule has 0 heterocycles. The van der Waals surface area contributed by atoms with Crippen molar-refractivity contribution >= 4 is 5.69 Å². The molecule has 2 unspecified atom stereocenters. The van der Waals surface area contributed by atoms with Gasteiger partial charge in [-0.1, -0.05) is 6.07 Å². The molecule has 5 nitrogen and oxygen atoms in total. The highest BCUT2D eigenvalue weighted by Gasteiger charge is 2.10. The van der Waals surface area contributed by atoms with Crippen LogP contribution >= 0.6 is 0 Å². The smallest absolute Gasteiger partial charge is 0.121 e. The topological polar surface area (TPSA) is 79.0 Å². The molecule has 0 aliphatic rings. The highest BCUT2D eigenvalue weighted by Crippen LogP contribution is 2.14. The molecular formula is C13H22N2O3. The van der Waals surface area contributed by atoms with Crippen molar-refractivity contribution in [2.45, 2.75) is 19.1 Å². The molecule has 0 bridgehead atoms. The van der Waals surface area contributed by atoms with Crippen molar-refractivity contribution < 1.29 is 14.9 Å². The highest BCUT2D eigenvalue weighted by atomic mass is 16.5. The third-order valence-electron chi connectivity index (χ3n) is 2.40. The molecule has 2 atom stereocenters. The lowest BCUT2D eigenvalue weighted by Gasteiger charge is -2.21. The summed E-state index contributed by atoms with van der Waals surface area (Å²) >= 11 is 0. The molecule has 0 aliphatic carbocycles. The minimum atomic E-state index is -0.602. The van der Waals surface area contributed by atoms with Crippen LogP contribution in [0.4, 0.5) is 5.69 Å². The number of ether oxygens (including phenoxy) is 1. The van der Waals surface area contributed by atoms with Gasteiger partial charge >= 0.3 is 0 Å². The van der Waals surface area contributed by atoms with Gasteiger partial charge in [-0.3, -0.25) is 0 Å². The number of likely N-dealkylation sites (N-methyl/N-ethyl adjacent to an activating group) is 1. The third-order valence-corrected chi connectivity index (χ3v) is 2.40. The van der Waals surface area contributed by atoms with Crippen LogP contribution in [-0.2, 0) is 0 Å². The van der Waals surface area contributed by atoms with Crippen LogP contribution in [0.1, 0.15) is 6.92 Å². The number of aliphatic hydroxyl groups is 2. The van der Waals surface area contributed by atoms with Crippen LogP contribution in [0.2, 0.25) is 0 Å². The van der Waals surface area contributed by atoms with Crippen LogP contribution in [0.25, 0.3) is 0 Å². The Morgan fingerprint density at radius 3 is 2.67 bits per heavy atom. The summed E-state index contributed by atoms with van der Waals surface area (Å²) in [6, 6.07) is 7.09. The normalized spacial score (nSPS) is 14.5. The maximum atomic E-state index is 9.78.